The molecule has 0 amide bonds. The van der Waals surface area contributed by atoms with Crippen molar-refractivity contribution in [3.8, 4) is 0 Å². The summed E-state index contributed by atoms with van der Waals surface area (Å²) in [5.41, 5.74) is 3.48. The third-order valence-electron chi connectivity index (χ3n) is 9.22. The lowest BCUT2D eigenvalue weighted by Gasteiger charge is -2.25. The summed E-state index contributed by atoms with van der Waals surface area (Å²) < 4.78 is 0. The van der Waals surface area contributed by atoms with Gasteiger partial charge in [0.05, 0.1) is 0 Å². The number of fused-ring (bicyclic) bond motifs is 6. The highest BCUT2D eigenvalue weighted by atomic mass is 15.1. The number of rotatable bonds is 3. The molecule has 0 spiro atoms. The highest BCUT2D eigenvalue weighted by Gasteiger charge is 2.23. The molecule has 0 heterocycles. The van der Waals surface area contributed by atoms with E-state index in [1.807, 2.05) is 0 Å². The second-order valence-electron chi connectivity index (χ2n) is 11.3. The van der Waals surface area contributed by atoms with Crippen molar-refractivity contribution in [3.05, 3.63) is 140 Å². The van der Waals surface area contributed by atoms with E-state index in [9.17, 15) is 0 Å². The highest BCUT2D eigenvalue weighted by Crippen LogP contribution is 2.52. The lowest BCUT2D eigenvalue weighted by Crippen LogP contribution is -2.09. The molecule has 10 aromatic carbocycles. The van der Waals surface area contributed by atoms with Crippen LogP contribution in [0.4, 0.5) is 17.1 Å². The lowest BCUT2D eigenvalue weighted by atomic mass is 9.90. The van der Waals surface area contributed by atoms with E-state index in [-0.39, 0.29) is 0 Å². The fraction of sp³-hybridized carbons (Fsp3) is 0. The van der Waals surface area contributed by atoms with Crippen molar-refractivity contribution in [1.29, 1.82) is 0 Å². The van der Waals surface area contributed by atoms with E-state index >= 15 is 0 Å². The molecule has 10 rings (SSSR count). The molecular weight excluding hydrogens is 494 g/mol. The van der Waals surface area contributed by atoms with Crippen molar-refractivity contribution < 1.29 is 0 Å². The molecule has 0 saturated carbocycles. The standard InChI is InChI=1S/C40H23N/c1-3-12-26(13-4-1)41(27-14-5-2-6-15-27)28-18-19-31-32(22-28)36-23-35-30-17-8-7-16-29(30)33-20-24-10-9-11-25-21-34(31)39(36)40(37(24)25)38(33)35/h1-23H. The average molecular weight is 518 g/mol. The van der Waals surface area contributed by atoms with Gasteiger partial charge in [0.25, 0.3) is 0 Å². The smallest absolute Gasteiger partial charge is 0.0468 e. The van der Waals surface area contributed by atoms with Crippen molar-refractivity contribution in [3.63, 3.8) is 0 Å². The molecule has 0 atom stereocenters. The summed E-state index contributed by atoms with van der Waals surface area (Å²) in [4.78, 5) is 2.36. The first kappa shape index (κ1) is 21.4. The summed E-state index contributed by atoms with van der Waals surface area (Å²) in [5.74, 6) is 0. The topological polar surface area (TPSA) is 3.24 Å². The molecule has 0 aliphatic rings. The molecule has 41 heavy (non-hydrogen) atoms. The van der Waals surface area contributed by atoms with Crippen LogP contribution in [-0.4, -0.2) is 0 Å². The van der Waals surface area contributed by atoms with Crippen LogP contribution in [0.2, 0.25) is 0 Å². The molecule has 10 aromatic rings. The number of anilines is 3. The molecule has 0 saturated heterocycles. The molecule has 0 aliphatic heterocycles. The van der Waals surface area contributed by atoms with E-state index < -0.39 is 0 Å². The second-order valence-corrected chi connectivity index (χ2v) is 11.3. The Morgan fingerprint density at radius 2 is 0.780 bits per heavy atom. The van der Waals surface area contributed by atoms with Gasteiger partial charge in [-0.25, -0.2) is 0 Å². The summed E-state index contributed by atoms with van der Waals surface area (Å²) in [6.07, 6.45) is 0. The molecule has 0 unspecified atom stereocenters. The fourth-order valence-corrected chi connectivity index (χ4v) is 7.60. The first-order valence-electron chi connectivity index (χ1n) is 14.3. The quantitative estimate of drug-likeness (QED) is 0.211. The molecule has 0 radical (unpaired) electrons. The molecule has 0 N–H and O–H groups in total. The van der Waals surface area contributed by atoms with Crippen LogP contribution in [0, 0.1) is 0 Å². The van der Waals surface area contributed by atoms with Gasteiger partial charge in [0.1, 0.15) is 0 Å². The van der Waals surface area contributed by atoms with Crippen LogP contribution in [0.25, 0.3) is 75.4 Å². The van der Waals surface area contributed by atoms with Crippen molar-refractivity contribution in [2.45, 2.75) is 0 Å². The number of benzene rings is 8. The van der Waals surface area contributed by atoms with Crippen molar-refractivity contribution in [2.75, 3.05) is 4.90 Å². The van der Waals surface area contributed by atoms with Crippen LogP contribution in [0.15, 0.2) is 140 Å². The van der Waals surface area contributed by atoms with Crippen molar-refractivity contribution >= 4 is 92.5 Å². The van der Waals surface area contributed by atoms with E-state index in [0.717, 1.165) is 11.4 Å². The SMILES string of the molecule is c1ccc(N(c2ccccc2)c2ccc3c(c2)c2cc4c5ccccc5c5cc6cccc7cc3c2c(c67)c54)cc1. The normalized spacial score (nSPS) is 12.4. The molecule has 0 aromatic heterocycles. The minimum atomic E-state index is 1.15. The monoisotopic (exact) mass is 517 g/mol. The third-order valence-corrected chi connectivity index (χ3v) is 9.22. The Morgan fingerprint density at radius 3 is 1.39 bits per heavy atom. The van der Waals surface area contributed by atoms with E-state index in [4.69, 9.17) is 0 Å². The van der Waals surface area contributed by atoms with E-state index in [1.165, 1.54) is 81.1 Å². The molecule has 0 aliphatic carbocycles. The van der Waals surface area contributed by atoms with E-state index in [1.54, 1.807) is 0 Å². The molecular formula is C40H23N. The predicted octanol–water partition coefficient (Wildman–Crippen LogP) is 11.5. The van der Waals surface area contributed by atoms with Gasteiger partial charge in [0.15, 0.2) is 0 Å². The van der Waals surface area contributed by atoms with Gasteiger partial charge in [-0.05, 0) is 130 Å². The number of hydrogen-bond donors (Lipinski definition) is 0. The van der Waals surface area contributed by atoms with E-state index in [2.05, 4.69) is 144 Å². The van der Waals surface area contributed by atoms with Gasteiger partial charge in [0, 0.05) is 17.1 Å². The molecule has 188 valence electrons. The maximum atomic E-state index is 2.48. The van der Waals surface area contributed by atoms with Crippen molar-refractivity contribution in [2.24, 2.45) is 0 Å². The Balaban J connectivity index is 1.39. The summed E-state index contributed by atoms with van der Waals surface area (Å²) >= 11 is 0. The Bertz CT molecular complexity index is 2520. The summed E-state index contributed by atoms with van der Waals surface area (Å²) in [7, 11) is 0. The lowest BCUT2D eigenvalue weighted by molar-refractivity contribution is 1.29. The van der Waals surface area contributed by atoms with Crippen LogP contribution in [-0.2, 0) is 0 Å². The van der Waals surface area contributed by atoms with Crippen LogP contribution >= 0.6 is 0 Å². The van der Waals surface area contributed by atoms with Crippen molar-refractivity contribution in [1.82, 2.24) is 0 Å². The number of hydrogen-bond acceptors (Lipinski definition) is 1. The van der Waals surface area contributed by atoms with Gasteiger partial charge in [0.2, 0.25) is 0 Å². The first-order valence-corrected chi connectivity index (χ1v) is 14.3. The Kier molecular flexibility index (Phi) is 3.98. The molecule has 0 bridgehead atoms. The largest absolute Gasteiger partial charge is 0.310 e. The molecule has 1 heteroatoms. The zero-order valence-corrected chi connectivity index (χ0v) is 22.2. The van der Waals surface area contributed by atoms with Crippen LogP contribution in [0.5, 0.6) is 0 Å². The number of para-hydroxylation sites is 2. The fourth-order valence-electron chi connectivity index (χ4n) is 7.60. The maximum absolute atomic E-state index is 2.48. The summed E-state index contributed by atoms with van der Waals surface area (Å²) in [6, 6.07) is 51.4. The van der Waals surface area contributed by atoms with Gasteiger partial charge < -0.3 is 4.90 Å². The zero-order chi connectivity index (χ0) is 26.7. The average Bonchev–Trinajstić information content (AvgIpc) is 3.52. The van der Waals surface area contributed by atoms with E-state index in [0.29, 0.717) is 0 Å². The molecule has 1 nitrogen and oxygen atoms in total. The highest BCUT2D eigenvalue weighted by molar-refractivity contribution is 6.47. The van der Waals surface area contributed by atoms with Crippen LogP contribution < -0.4 is 4.90 Å². The van der Waals surface area contributed by atoms with Gasteiger partial charge >= 0.3 is 0 Å². The van der Waals surface area contributed by atoms with Gasteiger partial charge in [-0.2, -0.15) is 0 Å². The third kappa shape index (κ3) is 2.70. The Morgan fingerprint density at radius 1 is 0.268 bits per heavy atom. The Labute approximate surface area is 236 Å². The molecule has 0 fully saturated rings. The first-order chi connectivity index (χ1) is 20.3. The van der Waals surface area contributed by atoms with Gasteiger partial charge in [-0.1, -0.05) is 84.9 Å². The predicted molar refractivity (Wildman–Crippen MR) is 177 cm³/mol. The number of nitrogens with zero attached hydrogens (tertiary/aromatic N) is 1. The summed E-state index contributed by atoms with van der Waals surface area (Å²) in [6.45, 7) is 0. The maximum Gasteiger partial charge on any atom is 0.0468 e. The van der Waals surface area contributed by atoms with Crippen LogP contribution in [0.1, 0.15) is 0 Å². The second kappa shape index (κ2) is 7.62. The van der Waals surface area contributed by atoms with Gasteiger partial charge in [-0.3, -0.25) is 0 Å². The van der Waals surface area contributed by atoms with Crippen LogP contribution in [0.3, 0.4) is 0 Å². The minimum absolute atomic E-state index is 1.15. The minimum Gasteiger partial charge on any atom is -0.310 e. The Hall–Kier alpha value is -5.40. The zero-order valence-electron chi connectivity index (χ0n) is 22.2. The van der Waals surface area contributed by atoms with Gasteiger partial charge in [-0.15, -0.1) is 0 Å². The summed E-state index contributed by atoms with van der Waals surface area (Å²) in [5, 5.41) is 19.1.